The Morgan fingerprint density at radius 1 is 1.19 bits per heavy atom. The number of nitrogens with two attached hydrogens (primary N) is 1. The predicted molar refractivity (Wildman–Crippen MR) is 71.5 cm³/mol. The summed E-state index contributed by atoms with van der Waals surface area (Å²) in [6.45, 7) is 0. The summed E-state index contributed by atoms with van der Waals surface area (Å²) in [7, 11) is 0. The zero-order valence-corrected chi connectivity index (χ0v) is 11.3. The number of pyridine rings is 1. The number of alkyl halides is 3. The van der Waals surface area contributed by atoms with E-state index in [0.29, 0.717) is 10.7 Å². The van der Waals surface area contributed by atoms with Gasteiger partial charge >= 0.3 is 6.36 Å². The van der Waals surface area contributed by atoms with Gasteiger partial charge in [0.05, 0.1) is 16.8 Å². The van der Waals surface area contributed by atoms with E-state index >= 15 is 0 Å². The third kappa shape index (κ3) is 4.07. The number of hydrogen-bond acceptors (Lipinski definition) is 4. The Balaban J connectivity index is 2.40. The fourth-order valence-corrected chi connectivity index (χ4v) is 1.94. The van der Waals surface area contributed by atoms with Crippen LogP contribution in [0, 0.1) is 0 Å². The van der Waals surface area contributed by atoms with Crippen LogP contribution in [0.2, 0.25) is 5.02 Å². The quantitative estimate of drug-likeness (QED) is 0.671. The summed E-state index contributed by atoms with van der Waals surface area (Å²) in [5.41, 5.74) is 3.06. The second-order valence-corrected chi connectivity index (χ2v) is 4.52. The van der Waals surface area contributed by atoms with Crippen LogP contribution in [0.5, 0.6) is 5.75 Å². The molecule has 0 aliphatic rings. The standard InChI is InChI=1S/C13H11ClF3N3O/c14-8-5-6-10(19-7-8)12(20-18)9-3-1-2-4-11(9)21-13(15,16)17/h1-7,12,20H,18H2. The molecule has 1 unspecified atom stereocenters. The van der Waals surface area contributed by atoms with Crippen molar-refractivity contribution in [3.8, 4) is 5.75 Å². The molecule has 3 N–H and O–H groups in total. The second-order valence-electron chi connectivity index (χ2n) is 4.09. The summed E-state index contributed by atoms with van der Waals surface area (Å²) in [5, 5.41) is 0.411. The number of benzene rings is 1. The molecular weight excluding hydrogens is 307 g/mol. The normalized spacial score (nSPS) is 13.0. The second kappa shape index (κ2) is 6.30. The van der Waals surface area contributed by atoms with Crippen LogP contribution in [0.4, 0.5) is 13.2 Å². The molecule has 4 nitrogen and oxygen atoms in total. The van der Waals surface area contributed by atoms with Crippen LogP contribution < -0.4 is 16.0 Å². The highest BCUT2D eigenvalue weighted by molar-refractivity contribution is 6.30. The molecule has 21 heavy (non-hydrogen) atoms. The van der Waals surface area contributed by atoms with E-state index in [1.165, 1.54) is 24.4 Å². The topological polar surface area (TPSA) is 60.2 Å². The molecule has 8 heteroatoms. The molecule has 1 aromatic carbocycles. The largest absolute Gasteiger partial charge is 0.573 e. The van der Waals surface area contributed by atoms with E-state index in [-0.39, 0.29) is 11.3 Å². The minimum atomic E-state index is -4.79. The van der Waals surface area contributed by atoms with Gasteiger partial charge in [0.25, 0.3) is 0 Å². The van der Waals surface area contributed by atoms with Crippen LogP contribution in [-0.4, -0.2) is 11.3 Å². The van der Waals surface area contributed by atoms with Gasteiger partial charge in [-0.2, -0.15) is 0 Å². The molecule has 2 aromatic rings. The number of nitrogens with one attached hydrogen (secondary N) is 1. The highest BCUT2D eigenvalue weighted by atomic mass is 35.5. The van der Waals surface area contributed by atoms with E-state index in [0.717, 1.165) is 0 Å². The highest BCUT2D eigenvalue weighted by Gasteiger charge is 2.33. The number of aromatic nitrogens is 1. The SMILES string of the molecule is NNC(c1ccc(Cl)cn1)c1ccccc1OC(F)(F)F. The Labute approximate surface area is 123 Å². The first-order valence-electron chi connectivity index (χ1n) is 5.83. The first-order valence-corrected chi connectivity index (χ1v) is 6.21. The van der Waals surface area contributed by atoms with Gasteiger partial charge in [-0.05, 0) is 18.2 Å². The van der Waals surface area contributed by atoms with Crippen molar-refractivity contribution in [1.82, 2.24) is 10.4 Å². The number of hydrazine groups is 1. The van der Waals surface area contributed by atoms with Gasteiger partial charge in [-0.1, -0.05) is 29.8 Å². The van der Waals surface area contributed by atoms with Gasteiger partial charge in [-0.25, -0.2) is 5.43 Å². The lowest BCUT2D eigenvalue weighted by Crippen LogP contribution is -2.30. The van der Waals surface area contributed by atoms with Crippen LogP contribution in [0.25, 0.3) is 0 Å². The van der Waals surface area contributed by atoms with Crippen molar-refractivity contribution >= 4 is 11.6 Å². The monoisotopic (exact) mass is 317 g/mol. The average Bonchev–Trinajstić information content (AvgIpc) is 2.42. The Bertz CT molecular complexity index is 604. The summed E-state index contributed by atoms with van der Waals surface area (Å²) in [4.78, 5) is 4.05. The van der Waals surface area contributed by atoms with E-state index < -0.39 is 12.4 Å². The summed E-state index contributed by atoms with van der Waals surface area (Å²) >= 11 is 5.74. The molecule has 2 rings (SSSR count). The van der Waals surface area contributed by atoms with Crippen molar-refractivity contribution in [1.29, 1.82) is 0 Å². The molecule has 0 fully saturated rings. The van der Waals surface area contributed by atoms with Crippen LogP contribution in [0.1, 0.15) is 17.3 Å². The number of hydrogen-bond donors (Lipinski definition) is 2. The molecule has 0 saturated heterocycles. The zero-order chi connectivity index (χ0) is 15.5. The zero-order valence-electron chi connectivity index (χ0n) is 10.6. The minimum Gasteiger partial charge on any atom is -0.405 e. The molecule has 0 bridgehead atoms. The van der Waals surface area contributed by atoms with Crippen molar-refractivity contribution in [2.45, 2.75) is 12.4 Å². The lowest BCUT2D eigenvalue weighted by Gasteiger charge is -2.20. The van der Waals surface area contributed by atoms with Crippen LogP contribution in [0.3, 0.4) is 0 Å². The lowest BCUT2D eigenvalue weighted by molar-refractivity contribution is -0.275. The summed E-state index contributed by atoms with van der Waals surface area (Å²) in [5.74, 6) is 5.10. The van der Waals surface area contributed by atoms with Crippen LogP contribution in [0.15, 0.2) is 42.6 Å². The molecular formula is C13H11ClF3N3O. The summed E-state index contributed by atoms with van der Waals surface area (Å²) in [6.07, 6.45) is -3.41. The lowest BCUT2D eigenvalue weighted by atomic mass is 10.0. The molecule has 112 valence electrons. The maximum atomic E-state index is 12.4. The van der Waals surface area contributed by atoms with Crippen molar-refractivity contribution in [3.63, 3.8) is 0 Å². The van der Waals surface area contributed by atoms with Crippen molar-refractivity contribution < 1.29 is 17.9 Å². The Kier molecular flexibility index (Phi) is 4.66. The number of ether oxygens (including phenoxy) is 1. The summed E-state index contributed by atoms with van der Waals surface area (Å²) in [6, 6.07) is 8.08. The molecule has 1 aromatic heterocycles. The Hall–Kier alpha value is -1.83. The number of para-hydroxylation sites is 1. The smallest absolute Gasteiger partial charge is 0.405 e. The maximum Gasteiger partial charge on any atom is 0.573 e. The summed E-state index contributed by atoms with van der Waals surface area (Å²) < 4.78 is 41.3. The van der Waals surface area contributed by atoms with Gasteiger partial charge in [0.1, 0.15) is 5.75 Å². The predicted octanol–water partition coefficient (Wildman–Crippen LogP) is 3.19. The molecule has 1 heterocycles. The van der Waals surface area contributed by atoms with Gasteiger partial charge in [0, 0.05) is 11.8 Å². The molecule has 0 radical (unpaired) electrons. The van der Waals surface area contributed by atoms with Gasteiger partial charge in [-0.15, -0.1) is 13.2 Å². The van der Waals surface area contributed by atoms with Gasteiger partial charge < -0.3 is 4.74 Å². The number of rotatable bonds is 4. The van der Waals surface area contributed by atoms with E-state index in [4.69, 9.17) is 17.4 Å². The minimum absolute atomic E-state index is 0.215. The van der Waals surface area contributed by atoms with Crippen LogP contribution >= 0.6 is 11.6 Å². The third-order valence-electron chi connectivity index (χ3n) is 2.67. The first-order chi connectivity index (χ1) is 9.90. The van der Waals surface area contributed by atoms with Crippen LogP contribution in [-0.2, 0) is 0 Å². The van der Waals surface area contributed by atoms with E-state index in [9.17, 15) is 13.2 Å². The Morgan fingerprint density at radius 2 is 1.90 bits per heavy atom. The molecule has 0 spiro atoms. The van der Waals surface area contributed by atoms with Gasteiger partial charge in [0.15, 0.2) is 0 Å². The molecule has 0 saturated carbocycles. The van der Waals surface area contributed by atoms with Crippen molar-refractivity contribution in [2.75, 3.05) is 0 Å². The van der Waals surface area contributed by atoms with Crippen molar-refractivity contribution in [2.24, 2.45) is 5.84 Å². The van der Waals surface area contributed by atoms with E-state index in [2.05, 4.69) is 15.1 Å². The highest BCUT2D eigenvalue weighted by Crippen LogP contribution is 2.32. The molecule has 0 amide bonds. The van der Waals surface area contributed by atoms with Gasteiger partial charge in [0.2, 0.25) is 0 Å². The third-order valence-corrected chi connectivity index (χ3v) is 2.89. The Morgan fingerprint density at radius 3 is 2.48 bits per heavy atom. The van der Waals surface area contributed by atoms with E-state index in [1.54, 1.807) is 18.2 Å². The molecule has 1 atom stereocenters. The fourth-order valence-electron chi connectivity index (χ4n) is 1.83. The molecule has 0 aliphatic carbocycles. The fraction of sp³-hybridized carbons (Fsp3) is 0.154. The average molecular weight is 318 g/mol. The van der Waals surface area contributed by atoms with Gasteiger partial charge in [-0.3, -0.25) is 10.8 Å². The first kappa shape index (κ1) is 15.6. The number of halogens is 4. The van der Waals surface area contributed by atoms with Crippen molar-refractivity contribution in [3.05, 3.63) is 58.9 Å². The maximum absolute atomic E-state index is 12.4. The van der Waals surface area contributed by atoms with E-state index in [1.807, 2.05) is 0 Å². The number of nitrogens with zero attached hydrogens (tertiary/aromatic N) is 1. The molecule has 0 aliphatic heterocycles.